The number of thiophene rings is 2. The van der Waals surface area contributed by atoms with Crippen molar-refractivity contribution in [3.8, 4) is 31.3 Å². The SMILES string of the molecule is Clc1ccc(-c2sc(-c3ccc(Cl)s3)cc2-c2ccccc2)cc1. The van der Waals surface area contributed by atoms with E-state index in [0.717, 1.165) is 9.36 Å². The Balaban J connectivity index is 1.90. The highest BCUT2D eigenvalue weighted by molar-refractivity contribution is 7.25. The van der Waals surface area contributed by atoms with Crippen molar-refractivity contribution in [2.45, 2.75) is 0 Å². The molecule has 0 fully saturated rings. The maximum Gasteiger partial charge on any atom is 0.0935 e. The Bertz CT molecular complexity index is 967. The van der Waals surface area contributed by atoms with Crippen LogP contribution >= 0.6 is 45.9 Å². The molecular formula is C20H12Cl2S2. The molecule has 2 heterocycles. The lowest BCUT2D eigenvalue weighted by Gasteiger charge is -2.04. The third-order valence-electron chi connectivity index (χ3n) is 3.74. The number of hydrogen-bond acceptors (Lipinski definition) is 2. The number of benzene rings is 2. The van der Waals surface area contributed by atoms with Crippen LogP contribution in [0.5, 0.6) is 0 Å². The van der Waals surface area contributed by atoms with Crippen molar-refractivity contribution in [1.82, 2.24) is 0 Å². The van der Waals surface area contributed by atoms with Gasteiger partial charge in [0, 0.05) is 25.2 Å². The van der Waals surface area contributed by atoms with E-state index in [0.29, 0.717) is 0 Å². The van der Waals surface area contributed by atoms with E-state index in [9.17, 15) is 0 Å². The zero-order valence-electron chi connectivity index (χ0n) is 12.5. The molecule has 0 aliphatic carbocycles. The lowest BCUT2D eigenvalue weighted by molar-refractivity contribution is 1.65. The molecule has 0 aliphatic rings. The topological polar surface area (TPSA) is 0 Å². The summed E-state index contributed by atoms with van der Waals surface area (Å²) in [4.78, 5) is 3.68. The summed E-state index contributed by atoms with van der Waals surface area (Å²) in [6, 6.07) is 24.8. The van der Waals surface area contributed by atoms with E-state index in [1.54, 1.807) is 22.7 Å². The summed E-state index contributed by atoms with van der Waals surface area (Å²) in [6.45, 7) is 0. The molecule has 2 aromatic carbocycles. The summed E-state index contributed by atoms with van der Waals surface area (Å²) < 4.78 is 0.813. The summed E-state index contributed by atoms with van der Waals surface area (Å²) in [6.07, 6.45) is 0. The average molecular weight is 387 g/mol. The minimum Gasteiger partial charge on any atom is -0.134 e. The predicted molar refractivity (Wildman–Crippen MR) is 109 cm³/mol. The maximum atomic E-state index is 6.12. The van der Waals surface area contributed by atoms with Crippen LogP contribution in [0.3, 0.4) is 0 Å². The molecule has 0 nitrogen and oxygen atoms in total. The van der Waals surface area contributed by atoms with Gasteiger partial charge in [-0.1, -0.05) is 65.7 Å². The molecule has 2 aromatic heterocycles. The van der Waals surface area contributed by atoms with Gasteiger partial charge in [0.1, 0.15) is 0 Å². The van der Waals surface area contributed by atoms with Gasteiger partial charge in [-0.25, -0.2) is 0 Å². The molecule has 4 rings (SSSR count). The summed E-state index contributed by atoms with van der Waals surface area (Å²) in [5.74, 6) is 0. The summed E-state index contributed by atoms with van der Waals surface area (Å²) in [7, 11) is 0. The van der Waals surface area contributed by atoms with Crippen LogP contribution in [-0.2, 0) is 0 Å². The summed E-state index contributed by atoms with van der Waals surface area (Å²) in [5.41, 5.74) is 3.63. The molecule has 0 saturated carbocycles. The monoisotopic (exact) mass is 386 g/mol. The van der Waals surface area contributed by atoms with Gasteiger partial charge in [0.05, 0.1) is 4.34 Å². The highest BCUT2D eigenvalue weighted by Crippen LogP contribution is 2.45. The van der Waals surface area contributed by atoms with Crippen molar-refractivity contribution in [1.29, 1.82) is 0 Å². The van der Waals surface area contributed by atoms with Gasteiger partial charge in [-0.15, -0.1) is 22.7 Å². The normalized spacial score (nSPS) is 10.9. The Morgan fingerprint density at radius 3 is 2.04 bits per heavy atom. The molecule has 118 valence electrons. The quantitative estimate of drug-likeness (QED) is 0.333. The Morgan fingerprint density at radius 1 is 0.625 bits per heavy atom. The van der Waals surface area contributed by atoms with Gasteiger partial charge in [0.25, 0.3) is 0 Å². The summed E-state index contributed by atoms with van der Waals surface area (Å²) in [5, 5.41) is 0.752. The van der Waals surface area contributed by atoms with E-state index in [1.807, 2.05) is 24.3 Å². The molecule has 0 amide bonds. The van der Waals surface area contributed by atoms with Crippen LogP contribution in [0.1, 0.15) is 0 Å². The van der Waals surface area contributed by atoms with Gasteiger partial charge in [0.15, 0.2) is 0 Å². The van der Waals surface area contributed by atoms with E-state index < -0.39 is 0 Å². The molecule has 0 saturated heterocycles. The second-order valence-electron chi connectivity index (χ2n) is 5.33. The molecule has 0 aliphatic heterocycles. The largest absolute Gasteiger partial charge is 0.134 e. The number of halogens is 2. The fourth-order valence-corrected chi connectivity index (χ4v) is 5.04. The highest BCUT2D eigenvalue weighted by Gasteiger charge is 2.15. The Morgan fingerprint density at radius 2 is 1.38 bits per heavy atom. The molecular weight excluding hydrogens is 375 g/mol. The third kappa shape index (κ3) is 3.15. The van der Waals surface area contributed by atoms with Gasteiger partial charge >= 0.3 is 0 Å². The van der Waals surface area contributed by atoms with Gasteiger partial charge in [-0.3, -0.25) is 0 Å². The van der Waals surface area contributed by atoms with Crippen molar-refractivity contribution in [3.05, 3.63) is 82.2 Å². The molecule has 4 heteroatoms. The van der Waals surface area contributed by atoms with Crippen LogP contribution in [0.2, 0.25) is 9.36 Å². The van der Waals surface area contributed by atoms with Gasteiger partial charge < -0.3 is 0 Å². The van der Waals surface area contributed by atoms with E-state index in [1.165, 1.54) is 31.3 Å². The first-order valence-electron chi connectivity index (χ1n) is 7.41. The van der Waals surface area contributed by atoms with Gasteiger partial charge in [0.2, 0.25) is 0 Å². The van der Waals surface area contributed by atoms with Crippen LogP contribution in [0.25, 0.3) is 31.3 Å². The smallest absolute Gasteiger partial charge is 0.0935 e. The molecule has 24 heavy (non-hydrogen) atoms. The van der Waals surface area contributed by atoms with E-state index in [4.69, 9.17) is 23.2 Å². The fourth-order valence-electron chi connectivity index (χ4n) is 2.61. The van der Waals surface area contributed by atoms with Crippen molar-refractivity contribution >= 4 is 45.9 Å². The average Bonchev–Trinajstić information content (AvgIpc) is 3.23. The Kier molecular flexibility index (Phi) is 4.47. The van der Waals surface area contributed by atoms with Gasteiger partial charge in [-0.05, 0) is 41.5 Å². The minimum atomic E-state index is 0.752. The van der Waals surface area contributed by atoms with Crippen molar-refractivity contribution < 1.29 is 0 Å². The lowest BCUT2D eigenvalue weighted by atomic mass is 10.0. The van der Waals surface area contributed by atoms with Crippen molar-refractivity contribution in [3.63, 3.8) is 0 Å². The standard InChI is InChI=1S/C20H12Cl2S2/c21-15-8-6-14(7-9-15)20-16(13-4-2-1-3-5-13)12-18(24-20)17-10-11-19(22)23-17/h1-12H. The first-order chi connectivity index (χ1) is 11.7. The third-order valence-corrected chi connectivity index (χ3v) is 6.60. The zero-order chi connectivity index (χ0) is 16.5. The van der Waals surface area contributed by atoms with Crippen LogP contribution in [-0.4, -0.2) is 0 Å². The van der Waals surface area contributed by atoms with E-state index in [-0.39, 0.29) is 0 Å². The number of rotatable bonds is 3. The van der Waals surface area contributed by atoms with Crippen LogP contribution < -0.4 is 0 Å². The molecule has 0 bridgehead atoms. The van der Waals surface area contributed by atoms with Crippen molar-refractivity contribution in [2.75, 3.05) is 0 Å². The lowest BCUT2D eigenvalue weighted by Crippen LogP contribution is -1.78. The van der Waals surface area contributed by atoms with E-state index in [2.05, 4.69) is 48.5 Å². The second kappa shape index (κ2) is 6.73. The summed E-state index contributed by atoms with van der Waals surface area (Å²) >= 11 is 15.6. The highest BCUT2D eigenvalue weighted by atomic mass is 35.5. The molecule has 4 aromatic rings. The predicted octanol–water partition coefficient (Wildman–Crippen LogP) is 8.12. The molecule has 0 N–H and O–H groups in total. The first kappa shape index (κ1) is 15.9. The molecule has 0 atom stereocenters. The molecule has 0 radical (unpaired) electrons. The van der Waals surface area contributed by atoms with Crippen molar-refractivity contribution in [2.24, 2.45) is 0 Å². The first-order valence-corrected chi connectivity index (χ1v) is 9.80. The Hall–Kier alpha value is -1.58. The minimum absolute atomic E-state index is 0.752. The van der Waals surface area contributed by atoms with Gasteiger partial charge in [-0.2, -0.15) is 0 Å². The Labute approximate surface area is 158 Å². The van der Waals surface area contributed by atoms with Crippen LogP contribution in [0.15, 0.2) is 72.8 Å². The second-order valence-corrected chi connectivity index (χ2v) is 8.53. The number of hydrogen-bond donors (Lipinski definition) is 0. The molecule has 0 spiro atoms. The molecule has 0 unspecified atom stereocenters. The zero-order valence-corrected chi connectivity index (χ0v) is 15.6. The van der Waals surface area contributed by atoms with Crippen LogP contribution in [0, 0.1) is 0 Å². The fraction of sp³-hybridized carbons (Fsp3) is 0. The maximum absolute atomic E-state index is 6.12. The van der Waals surface area contributed by atoms with E-state index >= 15 is 0 Å². The van der Waals surface area contributed by atoms with Crippen LogP contribution in [0.4, 0.5) is 0 Å².